The Hall–Kier alpha value is -1.69. The van der Waals surface area contributed by atoms with E-state index in [9.17, 15) is 0 Å². The summed E-state index contributed by atoms with van der Waals surface area (Å²) in [6, 6.07) is 3.99. The molecule has 1 atom stereocenters. The number of hydrogen-bond donors (Lipinski definition) is 1. The number of hydrogen-bond acceptors (Lipinski definition) is 5. The quantitative estimate of drug-likeness (QED) is 0.494. The molecule has 0 bridgehead atoms. The molecule has 1 aromatic carbocycles. The Balaban J connectivity index is 2.12. The lowest BCUT2D eigenvalue weighted by atomic mass is 9.84. The number of benzene rings is 1. The summed E-state index contributed by atoms with van der Waals surface area (Å²) in [5.41, 5.74) is 7.63. The molecule has 2 aromatic rings. The predicted octanol–water partition coefficient (Wildman–Crippen LogP) is 5.61. The molecule has 0 saturated heterocycles. The van der Waals surface area contributed by atoms with Gasteiger partial charge in [-0.3, -0.25) is 0 Å². The van der Waals surface area contributed by atoms with E-state index in [1.165, 1.54) is 19.3 Å². The van der Waals surface area contributed by atoms with Crippen molar-refractivity contribution in [2.75, 3.05) is 24.6 Å². The zero-order chi connectivity index (χ0) is 20.7. The van der Waals surface area contributed by atoms with Gasteiger partial charge in [-0.25, -0.2) is 4.98 Å². The Morgan fingerprint density at radius 3 is 2.64 bits per heavy atom. The lowest BCUT2D eigenvalue weighted by Gasteiger charge is -2.23. The number of aromatic nitrogens is 1. The van der Waals surface area contributed by atoms with E-state index < -0.39 is 0 Å². The molecule has 0 aliphatic carbocycles. The highest BCUT2D eigenvalue weighted by Crippen LogP contribution is 2.37. The highest BCUT2D eigenvalue weighted by atomic mass is 32.1. The van der Waals surface area contributed by atoms with Gasteiger partial charge in [-0.05, 0) is 48.7 Å². The van der Waals surface area contributed by atoms with Crippen LogP contribution in [0, 0.1) is 11.3 Å². The van der Waals surface area contributed by atoms with E-state index in [-0.39, 0.29) is 0 Å². The van der Waals surface area contributed by atoms with Gasteiger partial charge in [0, 0.05) is 19.2 Å². The fourth-order valence-electron chi connectivity index (χ4n) is 3.54. The van der Waals surface area contributed by atoms with Crippen LogP contribution < -0.4 is 15.2 Å². The SMILES string of the molecule is CCCCN(CC)c1nc2cc(OCCC(C)CC(C)(C)C)c(N=[NH2+])cc2s1. The first-order valence-corrected chi connectivity index (χ1v) is 11.3. The topological polar surface area (TPSA) is 63.3 Å². The van der Waals surface area contributed by atoms with E-state index in [1.54, 1.807) is 11.3 Å². The van der Waals surface area contributed by atoms with Crippen molar-refractivity contribution in [2.24, 2.45) is 16.4 Å². The first kappa shape index (κ1) is 22.6. The fraction of sp³-hybridized carbons (Fsp3) is 0.682. The van der Waals surface area contributed by atoms with E-state index in [1.807, 2.05) is 12.1 Å². The van der Waals surface area contributed by atoms with Crippen LogP contribution in [0.4, 0.5) is 10.8 Å². The second-order valence-corrected chi connectivity index (χ2v) is 9.86. The molecule has 1 unspecified atom stereocenters. The molecule has 0 radical (unpaired) electrons. The van der Waals surface area contributed by atoms with Crippen LogP contribution in [0.25, 0.3) is 10.2 Å². The van der Waals surface area contributed by atoms with Crippen LogP contribution in [-0.2, 0) is 0 Å². The molecule has 0 fully saturated rings. The van der Waals surface area contributed by atoms with Gasteiger partial charge in [0.25, 0.3) is 0 Å². The molecule has 0 amide bonds. The van der Waals surface area contributed by atoms with Gasteiger partial charge >= 0.3 is 0 Å². The van der Waals surface area contributed by atoms with Crippen LogP contribution in [-0.4, -0.2) is 24.7 Å². The monoisotopic (exact) mass is 405 g/mol. The summed E-state index contributed by atoms with van der Waals surface area (Å²) in [4.78, 5) is 7.18. The summed E-state index contributed by atoms with van der Waals surface area (Å²) in [6.07, 6.45) is 4.56. The maximum absolute atomic E-state index is 6.06. The largest absolute Gasteiger partial charge is 0.491 e. The average Bonchev–Trinajstić information content (AvgIpc) is 3.02. The number of nitrogens with two attached hydrogens (primary N) is 1. The second kappa shape index (κ2) is 10.2. The Morgan fingerprint density at radius 2 is 2.04 bits per heavy atom. The smallest absolute Gasteiger partial charge is 0.186 e. The van der Waals surface area contributed by atoms with Gasteiger partial charge in [0.2, 0.25) is 0 Å². The molecule has 2 N–H and O–H groups in total. The van der Waals surface area contributed by atoms with Crippen LogP contribution in [0.2, 0.25) is 0 Å². The van der Waals surface area contributed by atoms with Crippen molar-refractivity contribution in [3.05, 3.63) is 12.1 Å². The van der Waals surface area contributed by atoms with Gasteiger partial charge in [-0.2, -0.15) is 5.53 Å². The minimum atomic E-state index is 0.343. The molecule has 1 aromatic heterocycles. The normalized spacial score (nSPS) is 12.9. The molecular weight excluding hydrogens is 368 g/mol. The van der Waals surface area contributed by atoms with Crippen LogP contribution in [0.3, 0.4) is 0 Å². The van der Waals surface area contributed by atoms with Crippen molar-refractivity contribution in [2.45, 2.75) is 67.2 Å². The summed E-state index contributed by atoms with van der Waals surface area (Å²) >= 11 is 1.70. The van der Waals surface area contributed by atoms with Crippen molar-refractivity contribution in [3.8, 4) is 5.75 Å². The molecule has 0 saturated carbocycles. The number of fused-ring (bicyclic) bond motifs is 1. The number of rotatable bonds is 11. The summed E-state index contributed by atoms with van der Waals surface area (Å²) < 4.78 is 7.16. The van der Waals surface area contributed by atoms with E-state index in [2.05, 4.69) is 51.6 Å². The minimum absolute atomic E-state index is 0.343. The Labute approximate surface area is 174 Å². The van der Waals surface area contributed by atoms with Crippen LogP contribution >= 0.6 is 11.3 Å². The van der Waals surface area contributed by atoms with Crippen molar-refractivity contribution >= 4 is 32.4 Å². The maximum Gasteiger partial charge on any atom is 0.186 e. The molecular formula is C22H37N4OS+. The zero-order valence-corrected chi connectivity index (χ0v) is 19.2. The Kier molecular flexibility index (Phi) is 8.23. The Bertz CT molecular complexity index is 766. The highest BCUT2D eigenvalue weighted by Gasteiger charge is 2.17. The third-order valence-electron chi connectivity index (χ3n) is 4.86. The van der Waals surface area contributed by atoms with Gasteiger partial charge < -0.3 is 9.64 Å². The average molecular weight is 406 g/mol. The van der Waals surface area contributed by atoms with Gasteiger partial charge in [0.15, 0.2) is 16.6 Å². The number of thiazole rings is 1. The second-order valence-electron chi connectivity index (χ2n) is 8.85. The van der Waals surface area contributed by atoms with Gasteiger partial charge in [-0.15, -0.1) is 0 Å². The van der Waals surface area contributed by atoms with E-state index in [0.29, 0.717) is 23.6 Å². The summed E-state index contributed by atoms with van der Waals surface area (Å²) in [5.74, 6) is 1.34. The van der Waals surface area contributed by atoms with Crippen LogP contribution in [0.15, 0.2) is 17.2 Å². The van der Waals surface area contributed by atoms with E-state index in [4.69, 9.17) is 15.3 Å². The third-order valence-corrected chi connectivity index (χ3v) is 5.94. The number of nitrogens with zero attached hydrogens (tertiary/aromatic N) is 3. The molecule has 0 aliphatic heterocycles. The van der Waals surface area contributed by atoms with Crippen LogP contribution in [0.1, 0.15) is 67.2 Å². The molecule has 0 aliphatic rings. The van der Waals surface area contributed by atoms with Crippen molar-refractivity contribution in [3.63, 3.8) is 0 Å². The zero-order valence-electron chi connectivity index (χ0n) is 18.4. The maximum atomic E-state index is 6.06. The summed E-state index contributed by atoms with van der Waals surface area (Å²) in [6.45, 7) is 16.2. The lowest BCUT2D eigenvalue weighted by Crippen LogP contribution is -2.23. The van der Waals surface area contributed by atoms with Crippen molar-refractivity contribution in [1.82, 2.24) is 4.98 Å². The number of anilines is 1. The lowest BCUT2D eigenvalue weighted by molar-refractivity contribution is -0.210. The first-order valence-electron chi connectivity index (χ1n) is 10.5. The predicted molar refractivity (Wildman–Crippen MR) is 120 cm³/mol. The van der Waals surface area contributed by atoms with Crippen molar-refractivity contribution in [1.29, 1.82) is 0 Å². The first-order chi connectivity index (χ1) is 13.3. The van der Waals surface area contributed by atoms with Gasteiger partial charge in [-0.1, -0.05) is 52.4 Å². The molecule has 1 heterocycles. The molecule has 28 heavy (non-hydrogen) atoms. The summed E-state index contributed by atoms with van der Waals surface area (Å²) in [7, 11) is 0. The molecule has 5 nitrogen and oxygen atoms in total. The highest BCUT2D eigenvalue weighted by molar-refractivity contribution is 7.22. The molecule has 156 valence electrons. The van der Waals surface area contributed by atoms with Crippen molar-refractivity contribution < 1.29 is 10.3 Å². The fourth-order valence-corrected chi connectivity index (χ4v) is 4.61. The molecule has 0 spiro atoms. The standard InChI is InChI=1S/C22H36N4OS/c1-7-9-11-26(8-2)21-24-18-13-19(17(25-23)14-20(18)28-21)27-12-10-16(3)15-22(4,5)6/h13-14,16,23H,7-12,15H2,1-6H3/p+1. The number of ether oxygens (including phenoxy) is 1. The van der Waals surface area contributed by atoms with E-state index in [0.717, 1.165) is 40.6 Å². The molecule has 2 rings (SSSR count). The minimum Gasteiger partial charge on any atom is -0.491 e. The van der Waals surface area contributed by atoms with Gasteiger partial charge in [0.1, 0.15) is 0 Å². The van der Waals surface area contributed by atoms with Gasteiger partial charge in [0.05, 0.1) is 16.8 Å². The number of unbranched alkanes of at least 4 members (excludes halogenated alkanes) is 1. The van der Waals surface area contributed by atoms with Crippen LogP contribution in [0.5, 0.6) is 5.75 Å². The third kappa shape index (κ3) is 6.43. The van der Waals surface area contributed by atoms with E-state index >= 15 is 0 Å². The summed E-state index contributed by atoms with van der Waals surface area (Å²) in [5, 5.41) is 5.00. The Morgan fingerprint density at radius 1 is 1.29 bits per heavy atom. The molecule has 6 heteroatoms.